The molecule has 1 aromatic heterocycles. The third kappa shape index (κ3) is 5.61. The number of halogens is 1. The van der Waals surface area contributed by atoms with Gasteiger partial charge in [0.05, 0.1) is 6.61 Å². The summed E-state index contributed by atoms with van der Waals surface area (Å²) in [7, 11) is 0. The van der Waals surface area contributed by atoms with Crippen LogP contribution < -0.4 is 10.7 Å². The predicted molar refractivity (Wildman–Crippen MR) is 112 cm³/mol. The van der Waals surface area contributed by atoms with Crippen LogP contribution in [0.2, 0.25) is 0 Å². The number of aryl methyl sites for hydroxylation is 1. The average molecular weight is 409 g/mol. The number of nitrogens with one attached hydrogen (secondary N) is 1. The van der Waals surface area contributed by atoms with E-state index in [0.29, 0.717) is 31.9 Å². The Morgan fingerprint density at radius 2 is 1.83 bits per heavy atom. The highest BCUT2D eigenvalue weighted by atomic mass is 19.1. The van der Waals surface area contributed by atoms with Crippen LogP contribution in [0, 0.1) is 12.7 Å². The molecule has 0 spiro atoms. The number of para-hydroxylation sites is 1. The van der Waals surface area contributed by atoms with Crippen LogP contribution in [0.4, 0.5) is 4.39 Å². The summed E-state index contributed by atoms with van der Waals surface area (Å²) in [5.41, 5.74) is 1.05. The zero-order chi connectivity index (χ0) is 21.3. The second-order valence-corrected chi connectivity index (χ2v) is 6.82. The van der Waals surface area contributed by atoms with Crippen molar-refractivity contribution in [2.45, 2.75) is 19.8 Å². The molecular formula is C23H24FN3O3. The first-order valence-corrected chi connectivity index (χ1v) is 9.82. The minimum atomic E-state index is -0.589. The number of hydrogen-bond acceptors (Lipinski definition) is 4. The van der Waals surface area contributed by atoms with Gasteiger partial charge in [-0.2, -0.15) is 5.10 Å². The lowest BCUT2D eigenvalue weighted by atomic mass is 10.2. The molecule has 0 saturated carbocycles. The van der Waals surface area contributed by atoms with E-state index in [1.165, 1.54) is 28.4 Å². The maximum atomic E-state index is 14.1. The quantitative estimate of drug-likeness (QED) is 0.552. The first-order chi connectivity index (χ1) is 14.6. The van der Waals surface area contributed by atoms with E-state index in [9.17, 15) is 14.0 Å². The van der Waals surface area contributed by atoms with Crippen molar-refractivity contribution < 1.29 is 13.9 Å². The summed E-state index contributed by atoms with van der Waals surface area (Å²) in [5.74, 6) is -1.08. The molecule has 1 heterocycles. The molecule has 3 aromatic rings. The molecule has 156 valence electrons. The SMILES string of the molecule is Cc1cc(=O)c(C(=O)NCCCOCCc2ccccc2)nn1-c1ccccc1F. The van der Waals surface area contributed by atoms with Crippen LogP contribution in [-0.4, -0.2) is 35.4 Å². The van der Waals surface area contributed by atoms with E-state index in [1.807, 2.05) is 30.3 Å². The highest BCUT2D eigenvalue weighted by Crippen LogP contribution is 2.13. The smallest absolute Gasteiger partial charge is 0.275 e. The van der Waals surface area contributed by atoms with E-state index in [-0.39, 0.29) is 11.4 Å². The van der Waals surface area contributed by atoms with Crippen molar-refractivity contribution in [3.63, 3.8) is 0 Å². The highest BCUT2D eigenvalue weighted by Gasteiger charge is 2.16. The minimum Gasteiger partial charge on any atom is -0.381 e. The molecule has 0 radical (unpaired) electrons. The van der Waals surface area contributed by atoms with Crippen molar-refractivity contribution in [3.8, 4) is 5.69 Å². The number of nitrogens with zero attached hydrogens (tertiary/aromatic N) is 2. The van der Waals surface area contributed by atoms with Gasteiger partial charge in [-0.1, -0.05) is 42.5 Å². The standard InChI is InChI=1S/C23H24FN3O3/c1-17-16-21(28)22(26-27(17)20-11-6-5-10-19(20)24)23(29)25-13-7-14-30-15-12-18-8-3-2-4-9-18/h2-6,8-11,16H,7,12-15H2,1H3,(H,25,29). The summed E-state index contributed by atoms with van der Waals surface area (Å²) >= 11 is 0. The van der Waals surface area contributed by atoms with Gasteiger partial charge in [-0.15, -0.1) is 0 Å². The second-order valence-electron chi connectivity index (χ2n) is 6.82. The lowest BCUT2D eigenvalue weighted by molar-refractivity contribution is 0.0934. The van der Waals surface area contributed by atoms with Gasteiger partial charge < -0.3 is 10.1 Å². The molecule has 0 atom stereocenters. The molecular weight excluding hydrogens is 385 g/mol. The number of ether oxygens (including phenoxy) is 1. The Balaban J connectivity index is 1.51. The Labute approximate surface area is 174 Å². The molecule has 3 rings (SSSR count). The zero-order valence-corrected chi connectivity index (χ0v) is 16.8. The fourth-order valence-electron chi connectivity index (χ4n) is 2.97. The van der Waals surface area contributed by atoms with Crippen molar-refractivity contribution in [2.75, 3.05) is 19.8 Å². The Kier molecular flexibility index (Phi) is 7.45. The number of amides is 1. The summed E-state index contributed by atoms with van der Waals surface area (Å²) in [5, 5.41) is 6.76. The molecule has 7 heteroatoms. The van der Waals surface area contributed by atoms with Gasteiger partial charge in [0.2, 0.25) is 5.43 Å². The van der Waals surface area contributed by atoms with Gasteiger partial charge >= 0.3 is 0 Å². The van der Waals surface area contributed by atoms with Crippen molar-refractivity contribution in [1.29, 1.82) is 0 Å². The van der Waals surface area contributed by atoms with Crippen LogP contribution in [-0.2, 0) is 11.2 Å². The lowest BCUT2D eigenvalue weighted by Gasteiger charge is -2.12. The zero-order valence-electron chi connectivity index (χ0n) is 16.8. The predicted octanol–water partition coefficient (Wildman–Crippen LogP) is 3.06. The molecule has 1 N–H and O–H groups in total. The number of hydrogen-bond donors (Lipinski definition) is 1. The van der Waals surface area contributed by atoms with Crippen molar-refractivity contribution >= 4 is 5.91 Å². The first kappa shape index (κ1) is 21.4. The van der Waals surface area contributed by atoms with Crippen LogP contribution in [0.25, 0.3) is 5.69 Å². The van der Waals surface area contributed by atoms with Crippen LogP contribution in [0.1, 0.15) is 28.2 Å². The molecule has 0 fully saturated rings. The number of carbonyl (C=O) groups excluding carboxylic acids is 1. The van der Waals surface area contributed by atoms with Gasteiger partial charge in [-0.25, -0.2) is 9.07 Å². The lowest BCUT2D eigenvalue weighted by Crippen LogP contribution is -2.33. The van der Waals surface area contributed by atoms with E-state index >= 15 is 0 Å². The first-order valence-electron chi connectivity index (χ1n) is 9.82. The van der Waals surface area contributed by atoms with Gasteiger partial charge in [0.15, 0.2) is 5.69 Å². The summed E-state index contributed by atoms with van der Waals surface area (Å²) in [6.07, 6.45) is 1.43. The molecule has 0 aliphatic carbocycles. The van der Waals surface area contributed by atoms with Crippen molar-refractivity contribution in [2.24, 2.45) is 0 Å². The van der Waals surface area contributed by atoms with Gasteiger partial charge in [-0.05, 0) is 37.5 Å². The Bertz CT molecular complexity index is 1050. The third-order valence-electron chi connectivity index (χ3n) is 4.53. The molecule has 30 heavy (non-hydrogen) atoms. The fourth-order valence-corrected chi connectivity index (χ4v) is 2.97. The number of rotatable bonds is 9. The summed E-state index contributed by atoms with van der Waals surface area (Å²) in [6, 6.07) is 17.4. The Hall–Kier alpha value is -3.32. The topological polar surface area (TPSA) is 73.2 Å². The van der Waals surface area contributed by atoms with Gasteiger partial charge in [0.1, 0.15) is 11.5 Å². The Morgan fingerprint density at radius 3 is 2.60 bits per heavy atom. The number of aromatic nitrogens is 2. The Morgan fingerprint density at radius 1 is 1.10 bits per heavy atom. The van der Waals surface area contributed by atoms with Crippen molar-refractivity contribution in [1.82, 2.24) is 15.1 Å². The van der Waals surface area contributed by atoms with Gasteiger partial charge in [0.25, 0.3) is 5.91 Å². The monoisotopic (exact) mass is 409 g/mol. The number of carbonyl (C=O) groups is 1. The molecule has 0 aliphatic rings. The fraction of sp³-hybridized carbons (Fsp3) is 0.261. The van der Waals surface area contributed by atoms with E-state index in [4.69, 9.17) is 4.74 Å². The average Bonchev–Trinajstić information content (AvgIpc) is 2.74. The maximum absolute atomic E-state index is 14.1. The van der Waals surface area contributed by atoms with Gasteiger partial charge in [0, 0.05) is 24.9 Å². The summed E-state index contributed by atoms with van der Waals surface area (Å²) < 4.78 is 20.9. The molecule has 2 aromatic carbocycles. The third-order valence-corrected chi connectivity index (χ3v) is 4.53. The molecule has 6 nitrogen and oxygen atoms in total. The summed E-state index contributed by atoms with van der Waals surface area (Å²) in [6.45, 7) is 3.08. The van der Waals surface area contributed by atoms with E-state index < -0.39 is 17.2 Å². The maximum Gasteiger partial charge on any atom is 0.275 e. The second kappa shape index (κ2) is 10.5. The number of benzene rings is 2. The largest absolute Gasteiger partial charge is 0.381 e. The normalized spacial score (nSPS) is 10.7. The van der Waals surface area contributed by atoms with Crippen LogP contribution in [0.5, 0.6) is 0 Å². The van der Waals surface area contributed by atoms with E-state index in [2.05, 4.69) is 10.4 Å². The van der Waals surface area contributed by atoms with Gasteiger partial charge in [-0.3, -0.25) is 9.59 Å². The van der Waals surface area contributed by atoms with Crippen molar-refractivity contribution in [3.05, 3.63) is 93.7 Å². The van der Waals surface area contributed by atoms with Crippen LogP contribution in [0.15, 0.2) is 65.5 Å². The molecule has 1 amide bonds. The van der Waals surface area contributed by atoms with E-state index in [0.717, 1.165) is 6.42 Å². The molecule has 0 saturated heterocycles. The minimum absolute atomic E-state index is 0.177. The highest BCUT2D eigenvalue weighted by molar-refractivity contribution is 5.92. The molecule has 0 aliphatic heterocycles. The van der Waals surface area contributed by atoms with Crippen LogP contribution >= 0.6 is 0 Å². The molecule has 0 bridgehead atoms. The summed E-state index contributed by atoms with van der Waals surface area (Å²) in [4.78, 5) is 24.6. The molecule has 0 unspecified atom stereocenters. The van der Waals surface area contributed by atoms with E-state index in [1.54, 1.807) is 19.1 Å². The van der Waals surface area contributed by atoms with Crippen LogP contribution in [0.3, 0.4) is 0 Å².